The van der Waals surface area contributed by atoms with E-state index in [0.717, 1.165) is 103 Å². The molecule has 0 aromatic rings. The number of hydrogen-bond acceptors (Lipinski definition) is 6. The second-order valence-corrected chi connectivity index (χ2v) is 16.4. The zero-order valence-corrected chi connectivity index (χ0v) is 39.2. The highest BCUT2D eigenvalue weighted by molar-refractivity contribution is 5.71. The SMILES string of the molecule is CC/C=C\C/C=C\C/C=C\C/C=C\C/C=C\C/C=C\CCCCCCCCC(=O)OCC(COC(=O)CCCCCCCCCC)OC(=O)CCCCCCCCCCC. The van der Waals surface area contributed by atoms with E-state index in [1.54, 1.807) is 0 Å². The molecule has 0 heterocycles. The van der Waals surface area contributed by atoms with Gasteiger partial charge in [-0.1, -0.05) is 216 Å². The summed E-state index contributed by atoms with van der Waals surface area (Å²) >= 11 is 0. The molecule has 0 aromatic heterocycles. The van der Waals surface area contributed by atoms with Crippen LogP contribution in [0.1, 0.15) is 233 Å². The van der Waals surface area contributed by atoms with Crippen molar-refractivity contribution in [2.75, 3.05) is 13.2 Å². The Morgan fingerprint density at radius 2 is 0.650 bits per heavy atom. The van der Waals surface area contributed by atoms with E-state index in [9.17, 15) is 14.4 Å². The van der Waals surface area contributed by atoms with Gasteiger partial charge in [-0.3, -0.25) is 14.4 Å². The molecule has 0 spiro atoms. The summed E-state index contributed by atoms with van der Waals surface area (Å²) in [7, 11) is 0. The number of unbranched alkanes of at least 4 members (excludes halogenated alkanes) is 21. The van der Waals surface area contributed by atoms with Gasteiger partial charge in [0.05, 0.1) is 0 Å². The Morgan fingerprint density at radius 3 is 1.02 bits per heavy atom. The highest BCUT2D eigenvalue weighted by Gasteiger charge is 2.19. The van der Waals surface area contributed by atoms with Crippen molar-refractivity contribution in [3.63, 3.8) is 0 Å². The minimum atomic E-state index is -0.774. The van der Waals surface area contributed by atoms with Crippen LogP contribution in [0.15, 0.2) is 72.9 Å². The second kappa shape index (κ2) is 48.5. The number of allylic oxidation sites excluding steroid dienone is 12. The van der Waals surface area contributed by atoms with Crippen LogP contribution in [0, 0.1) is 0 Å². The van der Waals surface area contributed by atoms with Crippen LogP contribution in [0.25, 0.3) is 0 Å². The van der Waals surface area contributed by atoms with Crippen molar-refractivity contribution in [1.29, 1.82) is 0 Å². The first-order valence-electron chi connectivity index (χ1n) is 24.9. The summed E-state index contributed by atoms with van der Waals surface area (Å²) in [6.07, 6.45) is 60.4. The topological polar surface area (TPSA) is 78.9 Å². The van der Waals surface area contributed by atoms with Crippen molar-refractivity contribution in [1.82, 2.24) is 0 Å². The van der Waals surface area contributed by atoms with Crippen LogP contribution in [0.3, 0.4) is 0 Å². The van der Waals surface area contributed by atoms with Gasteiger partial charge in [0.15, 0.2) is 6.10 Å². The van der Waals surface area contributed by atoms with Crippen LogP contribution in [0.2, 0.25) is 0 Å². The van der Waals surface area contributed by atoms with Gasteiger partial charge in [0.1, 0.15) is 13.2 Å². The molecule has 0 aliphatic rings. The molecular weight excluding hydrogens is 745 g/mol. The third-order valence-corrected chi connectivity index (χ3v) is 10.5. The predicted octanol–water partition coefficient (Wildman–Crippen LogP) is 16.3. The molecule has 0 saturated carbocycles. The minimum Gasteiger partial charge on any atom is -0.462 e. The molecule has 0 radical (unpaired) electrons. The highest BCUT2D eigenvalue weighted by atomic mass is 16.6. The molecule has 1 unspecified atom stereocenters. The van der Waals surface area contributed by atoms with Crippen molar-refractivity contribution in [3.05, 3.63) is 72.9 Å². The first kappa shape index (κ1) is 56.9. The van der Waals surface area contributed by atoms with Crippen LogP contribution in [0.5, 0.6) is 0 Å². The number of rotatable bonds is 44. The van der Waals surface area contributed by atoms with Crippen molar-refractivity contribution >= 4 is 17.9 Å². The summed E-state index contributed by atoms with van der Waals surface area (Å²) in [5.41, 5.74) is 0. The maximum absolute atomic E-state index is 12.7. The smallest absolute Gasteiger partial charge is 0.306 e. The lowest BCUT2D eigenvalue weighted by molar-refractivity contribution is -0.167. The molecule has 0 aliphatic heterocycles. The Kier molecular flexibility index (Phi) is 46.0. The van der Waals surface area contributed by atoms with Crippen LogP contribution in [0.4, 0.5) is 0 Å². The summed E-state index contributed by atoms with van der Waals surface area (Å²) in [5, 5.41) is 0. The van der Waals surface area contributed by atoms with Gasteiger partial charge in [0.25, 0.3) is 0 Å². The molecular formula is C54H92O6. The fraction of sp³-hybridized carbons (Fsp3) is 0.722. The fourth-order valence-corrected chi connectivity index (χ4v) is 6.74. The van der Waals surface area contributed by atoms with Gasteiger partial charge in [0.2, 0.25) is 0 Å². The number of hydrogen-bond donors (Lipinski definition) is 0. The van der Waals surface area contributed by atoms with Gasteiger partial charge in [-0.25, -0.2) is 0 Å². The average molecular weight is 837 g/mol. The van der Waals surface area contributed by atoms with E-state index in [1.165, 1.54) is 89.9 Å². The number of carbonyl (C=O) groups is 3. The van der Waals surface area contributed by atoms with Crippen molar-refractivity contribution in [2.24, 2.45) is 0 Å². The maximum atomic E-state index is 12.7. The molecule has 6 heteroatoms. The third-order valence-electron chi connectivity index (χ3n) is 10.5. The number of carbonyl (C=O) groups excluding carboxylic acids is 3. The molecule has 1 atom stereocenters. The minimum absolute atomic E-state index is 0.0782. The molecule has 0 saturated heterocycles. The van der Waals surface area contributed by atoms with E-state index in [1.807, 2.05) is 0 Å². The predicted molar refractivity (Wildman–Crippen MR) is 256 cm³/mol. The maximum Gasteiger partial charge on any atom is 0.306 e. The first-order chi connectivity index (χ1) is 29.5. The fourth-order valence-electron chi connectivity index (χ4n) is 6.74. The Bertz CT molecular complexity index is 1140. The van der Waals surface area contributed by atoms with Gasteiger partial charge in [-0.15, -0.1) is 0 Å². The van der Waals surface area contributed by atoms with Gasteiger partial charge >= 0.3 is 17.9 Å². The Balaban J connectivity index is 4.20. The van der Waals surface area contributed by atoms with Crippen LogP contribution < -0.4 is 0 Å². The van der Waals surface area contributed by atoms with E-state index in [2.05, 4.69) is 93.7 Å². The Hall–Kier alpha value is -3.15. The monoisotopic (exact) mass is 837 g/mol. The largest absolute Gasteiger partial charge is 0.462 e. The number of ether oxygens (including phenoxy) is 3. The van der Waals surface area contributed by atoms with Gasteiger partial charge in [-0.2, -0.15) is 0 Å². The van der Waals surface area contributed by atoms with E-state index in [4.69, 9.17) is 14.2 Å². The van der Waals surface area contributed by atoms with Crippen molar-refractivity contribution < 1.29 is 28.6 Å². The quantitative estimate of drug-likeness (QED) is 0.0263. The summed E-state index contributed by atoms with van der Waals surface area (Å²) in [6.45, 7) is 6.45. The molecule has 344 valence electrons. The van der Waals surface area contributed by atoms with Gasteiger partial charge in [0, 0.05) is 19.3 Å². The molecule has 0 aliphatic carbocycles. The van der Waals surface area contributed by atoms with Gasteiger partial charge in [-0.05, 0) is 70.6 Å². The molecule has 60 heavy (non-hydrogen) atoms. The average Bonchev–Trinajstić information content (AvgIpc) is 3.24. The second-order valence-electron chi connectivity index (χ2n) is 16.4. The Morgan fingerprint density at radius 1 is 0.350 bits per heavy atom. The lowest BCUT2D eigenvalue weighted by Gasteiger charge is -2.18. The first-order valence-corrected chi connectivity index (χ1v) is 24.9. The number of esters is 3. The highest BCUT2D eigenvalue weighted by Crippen LogP contribution is 2.14. The van der Waals surface area contributed by atoms with Crippen LogP contribution >= 0.6 is 0 Å². The summed E-state index contributed by atoms with van der Waals surface area (Å²) in [4.78, 5) is 37.7. The van der Waals surface area contributed by atoms with E-state index >= 15 is 0 Å². The van der Waals surface area contributed by atoms with Crippen LogP contribution in [-0.2, 0) is 28.6 Å². The van der Waals surface area contributed by atoms with E-state index < -0.39 is 6.10 Å². The van der Waals surface area contributed by atoms with Crippen LogP contribution in [-0.4, -0.2) is 37.2 Å². The molecule has 6 nitrogen and oxygen atoms in total. The summed E-state index contributed by atoms with van der Waals surface area (Å²) in [6, 6.07) is 0. The standard InChI is InChI=1S/C54H92O6/c1-4-7-10-13-16-19-20-21-22-23-24-25-26-27-28-29-30-31-32-33-34-36-38-41-44-47-53(56)59-50-51(49-58-52(55)46-43-40-37-18-15-12-9-6-3)60-54(57)48-45-42-39-35-17-14-11-8-5-2/h7,10,16,19,21-22,24-25,27-28,30-31,51H,4-6,8-9,11-15,17-18,20,23,26,29,32-50H2,1-3H3/b10-7-,19-16-,22-21-,25-24-,28-27-,31-30-. The molecule has 0 N–H and O–H groups in total. The zero-order chi connectivity index (χ0) is 43.7. The summed E-state index contributed by atoms with van der Waals surface area (Å²) < 4.78 is 16.7. The normalized spacial score (nSPS) is 12.7. The van der Waals surface area contributed by atoms with Crippen molar-refractivity contribution in [3.8, 4) is 0 Å². The van der Waals surface area contributed by atoms with E-state index in [0.29, 0.717) is 19.3 Å². The molecule has 0 amide bonds. The van der Waals surface area contributed by atoms with Gasteiger partial charge < -0.3 is 14.2 Å². The summed E-state index contributed by atoms with van der Waals surface area (Å²) in [5.74, 6) is -0.901. The zero-order valence-electron chi connectivity index (χ0n) is 39.2. The molecule has 0 bridgehead atoms. The molecule has 0 aromatic carbocycles. The van der Waals surface area contributed by atoms with Crippen molar-refractivity contribution in [2.45, 2.75) is 239 Å². The van der Waals surface area contributed by atoms with E-state index in [-0.39, 0.29) is 31.1 Å². The lowest BCUT2D eigenvalue weighted by atomic mass is 10.1. The lowest BCUT2D eigenvalue weighted by Crippen LogP contribution is -2.30. The molecule has 0 rings (SSSR count). The molecule has 0 fully saturated rings. The third kappa shape index (κ3) is 45.9. The Labute approximate surface area is 370 Å².